The predicted molar refractivity (Wildman–Crippen MR) is 55.0 cm³/mol. The molecule has 2 aromatic rings. The zero-order valence-corrected chi connectivity index (χ0v) is 8.46. The van der Waals surface area contributed by atoms with Gasteiger partial charge in [-0.3, -0.25) is 0 Å². The minimum Gasteiger partial charge on any atom is -0.395 e. The summed E-state index contributed by atoms with van der Waals surface area (Å²) in [5.74, 6) is 0. The molecule has 0 radical (unpaired) electrons. The van der Waals surface area contributed by atoms with Gasteiger partial charge in [-0.1, -0.05) is 0 Å². The topological polar surface area (TPSA) is 89.9 Å². The molecule has 0 aliphatic carbocycles. The zero-order valence-electron chi connectivity index (χ0n) is 8.46. The van der Waals surface area contributed by atoms with Gasteiger partial charge in [0, 0.05) is 12.6 Å². The Kier molecular flexibility index (Phi) is 2.61. The Labute approximate surface area is 86.8 Å². The van der Waals surface area contributed by atoms with Crippen molar-refractivity contribution in [2.45, 2.75) is 19.5 Å². The number of hydrogen-bond acceptors (Lipinski definition) is 5. The minimum atomic E-state index is -0.173. The third-order valence-corrected chi connectivity index (χ3v) is 2.20. The molecule has 6 nitrogen and oxygen atoms in total. The average Bonchev–Trinajstić information content (AvgIpc) is 2.62. The van der Waals surface area contributed by atoms with Crippen LogP contribution < -0.4 is 5.73 Å². The number of aliphatic hydroxyl groups is 1. The summed E-state index contributed by atoms with van der Waals surface area (Å²) in [4.78, 5) is 12.4. The molecule has 2 heterocycles. The first-order chi connectivity index (χ1) is 7.24. The molecule has 80 valence electrons. The first-order valence-electron chi connectivity index (χ1n) is 4.76. The second kappa shape index (κ2) is 3.92. The molecule has 0 spiro atoms. The summed E-state index contributed by atoms with van der Waals surface area (Å²) in [5.41, 5.74) is 7.93. The van der Waals surface area contributed by atoms with Gasteiger partial charge >= 0.3 is 0 Å². The molecule has 0 aromatic carbocycles. The smallest absolute Gasteiger partial charge is 0.163 e. The number of hydrogen-bond donors (Lipinski definition) is 2. The van der Waals surface area contributed by atoms with E-state index in [0.717, 1.165) is 5.69 Å². The Bertz CT molecular complexity index is 464. The molecule has 1 atom stereocenters. The lowest BCUT2D eigenvalue weighted by atomic mass is 10.2. The van der Waals surface area contributed by atoms with Gasteiger partial charge < -0.3 is 15.4 Å². The van der Waals surface area contributed by atoms with Crippen molar-refractivity contribution in [1.82, 2.24) is 19.5 Å². The second-order valence-corrected chi connectivity index (χ2v) is 3.38. The molecule has 0 fully saturated rings. The number of rotatable bonds is 3. The molecule has 15 heavy (non-hydrogen) atoms. The largest absolute Gasteiger partial charge is 0.395 e. The van der Waals surface area contributed by atoms with Crippen LogP contribution in [0.15, 0.2) is 12.7 Å². The van der Waals surface area contributed by atoms with Crippen molar-refractivity contribution < 1.29 is 5.11 Å². The summed E-state index contributed by atoms with van der Waals surface area (Å²) < 4.78 is 1.78. The van der Waals surface area contributed by atoms with Crippen LogP contribution in [0.1, 0.15) is 18.7 Å². The van der Waals surface area contributed by atoms with Crippen molar-refractivity contribution in [3.8, 4) is 0 Å². The molecule has 3 N–H and O–H groups in total. The molecule has 6 heteroatoms. The Morgan fingerprint density at radius 1 is 1.47 bits per heavy atom. The second-order valence-electron chi connectivity index (χ2n) is 3.38. The van der Waals surface area contributed by atoms with Gasteiger partial charge in [-0.25, -0.2) is 15.0 Å². The summed E-state index contributed by atoms with van der Waals surface area (Å²) >= 11 is 0. The van der Waals surface area contributed by atoms with Crippen LogP contribution in [-0.2, 0) is 6.54 Å². The van der Waals surface area contributed by atoms with E-state index in [2.05, 4.69) is 15.0 Å². The summed E-state index contributed by atoms with van der Waals surface area (Å²) in [6.45, 7) is 2.39. The minimum absolute atomic E-state index is 0.0585. The van der Waals surface area contributed by atoms with Crippen molar-refractivity contribution in [2.75, 3.05) is 6.61 Å². The van der Waals surface area contributed by atoms with Crippen LogP contribution in [0.4, 0.5) is 0 Å². The highest BCUT2D eigenvalue weighted by Crippen LogP contribution is 2.17. The number of aliphatic hydroxyl groups excluding tert-OH is 1. The lowest BCUT2D eigenvalue weighted by molar-refractivity contribution is 0.277. The molecule has 1 unspecified atom stereocenters. The Hall–Kier alpha value is -1.53. The van der Waals surface area contributed by atoms with Crippen molar-refractivity contribution in [3.05, 3.63) is 18.3 Å². The number of fused-ring (bicyclic) bond motifs is 1. The number of aromatic nitrogens is 4. The third-order valence-electron chi connectivity index (χ3n) is 2.20. The van der Waals surface area contributed by atoms with Gasteiger partial charge in [-0.05, 0) is 6.92 Å². The zero-order chi connectivity index (χ0) is 10.8. The molecule has 0 aliphatic rings. The SMILES string of the molecule is CC(N)c1ncnc2c1ncn2CCO. The summed E-state index contributed by atoms with van der Waals surface area (Å²) in [6.07, 6.45) is 3.11. The summed E-state index contributed by atoms with van der Waals surface area (Å²) in [5, 5.41) is 8.86. The van der Waals surface area contributed by atoms with Gasteiger partial charge in [0.25, 0.3) is 0 Å². The van der Waals surface area contributed by atoms with Crippen molar-refractivity contribution in [2.24, 2.45) is 5.73 Å². The van der Waals surface area contributed by atoms with Crippen LogP contribution in [0.2, 0.25) is 0 Å². The first kappa shape index (κ1) is 10.0. The van der Waals surface area contributed by atoms with Gasteiger partial charge in [-0.15, -0.1) is 0 Å². The third kappa shape index (κ3) is 1.69. The summed E-state index contributed by atoms with van der Waals surface area (Å²) in [6, 6.07) is -0.173. The van der Waals surface area contributed by atoms with Gasteiger partial charge in [0.05, 0.1) is 18.6 Å². The monoisotopic (exact) mass is 207 g/mol. The average molecular weight is 207 g/mol. The highest BCUT2D eigenvalue weighted by molar-refractivity contribution is 5.73. The van der Waals surface area contributed by atoms with E-state index >= 15 is 0 Å². The fourth-order valence-electron chi connectivity index (χ4n) is 1.50. The Morgan fingerprint density at radius 3 is 2.93 bits per heavy atom. The molecule has 0 bridgehead atoms. The van der Waals surface area contributed by atoms with Crippen LogP contribution in [0.3, 0.4) is 0 Å². The summed E-state index contributed by atoms with van der Waals surface area (Å²) in [7, 11) is 0. The molecule has 0 saturated heterocycles. The Balaban J connectivity index is 2.58. The van der Waals surface area contributed by atoms with Crippen molar-refractivity contribution in [3.63, 3.8) is 0 Å². The highest BCUT2D eigenvalue weighted by atomic mass is 16.3. The van der Waals surface area contributed by atoms with E-state index in [0.29, 0.717) is 17.7 Å². The number of nitrogens with two attached hydrogens (primary N) is 1. The normalized spacial score (nSPS) is 13.3. The molecular formula is C9H13N5O. The fourth-order valence-corrected chi connectivity index (χ4v) is 1.50. The van der Waals surface area contributed by atoms with Gasteiger partial charge in [0.1, 0.15) is 11.8 Å². The van der Waals surface area contributed by atoms with E-state index in [-0.39, 0.29) is 12.6 Å². The van der Waals surface area contributed by atoms with E-state index in [1.165, 1.54) is 6.33 Å². The van der Waals surface area contributed by atoms with E-state index < -0.39 is 0 Å². The standard InChI is InChI=1S/C9H13N5O/c1-6(10)7-8-9(12-4-11-7)14(2-3-15)5-13-8/h4-6,15H,2-3,10H2,1H3. The number of imidazole rings is 1. The number of nitrogens with zero attached hydrogens (tertiary/aromatic N) is 4. The first-order valence-corrected chi connectivity index (χ1v) is 4.76. The van der Waals surface area contributed by atoms with Gasteiger partial charge in [-0.2, -0.15) is 0 Å². The van der Waals surface area contributed by atoms with Crippen LogP contribution >= 0.6 is 0 Å². The predicted octanol–water partition coefficient (Wildman–Crippen LogP) is -0.162. The maximum absolute atomic E-state index is 8.86. The van der Waals surface area contributed by atoms with Gasteiger partial charge in [0.2, 0.25) is 0 Å². The van der Waals surface area contributed by atoms with E-state index in [1.54, 1.807) is 10.9 Å². The molecule has 2 aromatic heterocycles. The lowest BCUT2D eigenvalue weighted by Gasteiger charge is -2.04. The van der Waals surface area contributed by atoms with E-state index in [9.17, 15) is 0 Å². The molecular weight excluding hydrogens is 194 g/mol. The van der Waals surface area contributed by atoms with E-state index in [4.69, 9.17) is 10.8 Å². The Morgan fingerprint density at radius 2 is 2.27 bits per heavy atom. The maximum atomic E-state index is 8.86. The van der Waals surface area contributed by atoms with Crippen LogP contribution in [-0.4, -0.2) is 31.2 Å². The van der Waals surface area contributed by atoms with Crippen molar-refractivity contribution >= 4 is 11.2 Å². The van der Waals surface area contributed by atoms with Crippen molar-refractivity contribution in [1.29, 1.82) is 0 Å². The quantitative estimate of drug-likeness (QED) is 0.729. The highest BCUT2D eigenvalue weighted by Gasteiger charge is 2.12. The van der Waals surface area contributed by atoms with Crippen LogP contribution in [0.5, 0.6) is 0 Å². The van der Waals surface area contributed by atoms with Crippen LogP contribution in [0.25, 0.3) is 11.2 Å². The van der Waals surface area contributed by atoms with E-state index in [1.807, 2.05) is 6.92 Å². The molecule has 2 rings (SSSR count). The fraction of sp³-hybridized carbons (Fsp3) is 0.444. The van der Waals surface area contributed by atoms with Crippen LogP contribution in [0, 0.1) is 0 Å². The molecule has 0 aliphatic heterocycles. The molecule has 0 saturated carbocycles. The molecule has 0 amide bonds. The maximum Gasteiger partial charge on any atom is 0.163 e. The lowest BCUT2D eigenvalue weighted by Crippen LogP contribution is -2.09. The van der Waals surface area contributed by atoms with Gasteiger partial charge in [0.15, 0.2) is 5.65 Å².